The number of hydrogen-bond donors (Lipinski definition) is 2. The molecule has 0 saturated heterocycles. The van der Waals surface area contributed by atoms with Gasteiger partial charge in [-0.05, 0) is 74.9 Å². The molecule has 1 heterocycles. The van der Waals surface area contributed by atoms with Crippen LogP contribution in [-0.4, -0.2) is 26.0 Å². The van der Waals surface area contributed by atoms with Gasteiger partial charge in [-0.25, -0.2) is 4.99 Å². The van der Waals surface area contributed by atoms with Gasteiger partial charge in [-0.1, -0.05) is 24.3 Å². The normalized spacial score (nSPS) is 16.2. The van der Waals surface area contributed by atoms with E-state index in [-0.39, 0.29) is 10.9 Å². The first kappa shape index (κ1) is 21.8. The maximum atomic E-state index is 12.9. The second-order valence-corrected chi connectivity index (χ2v) is 9.08. The van der Waals surface area contributed by atoms with Gasteiger partial charge < -0.3 is 11.5 Å². The smallest absolute Gasteiger partial charge is 0.332 e. The highest BCUT2D eigenvalue weighted by atomic mass is 32.3. The highest BCUT2D eigenvalue weighted by molar-refractivity contribution is 7.86. The van der Waals surface area contributed by atoms with Gasteiger partial charge in [0.1, 0.15) is 5.66 Å². The third-order valence-corrected chi connectivity index (χ3v) is 5.78. The summed E-state index contributed by atoms with van der Waals surface area (Å²) in [5.74, 6) is 0.477. The standard InChI is InChI=1S/C21H26FN5O2S/c1-21(2)26-19(23)25-20(24)27(21)17-9-5-8-16(14-17)7-4-3-6-15-10-12-18(13-11-15)30(22,28)29/h5,8-14H,3-4,6-7H2,1-2H3,(H4,23,24,25,26). The molecule has 0 radical (unpaired) electrons. The fourth-order valence-corrected chi connectivity index (χ4v) is 4.04. The van der Waals surface area contributed by atoms with Crippen molar-refractivity contribution in [1.82, 2.24) is 0 Å². The molecule has 1 aliphatic heterocycles. The molecule has 30 heavy (non-hydrogen) atoms. The van der Waals surface area contributed by atoms with Crippen LogP contribution in [0.5, 0.6) is 0 Å². The number of anilines is 1. The summed E-state index contributed by atoms with van der Waals surface area (Å²) in [5, 5.41) is 0. The summed E-state index contributed by atoms with van der Waals surface area (Å²) in [6.45, 7) is 3.85. The number of nitrogens with two attached hydrogens (primary N) is 2. The monoisotopic (exact) mass is 431 g/mol. The van der Waals surface area contributed by atoms with E-state index in [0.29, 0.717) is 5.96 Å². The van der Waals surface area contributed by atoms with E-state index in [4.69, 9.17) is 11.5 Å². The lowest BCUT2D eigenvalue weighted by atomic mass is 10.0. The van der Waals surface area contributed by atoms with Crippen LogP contribution in [0.3, 0.4) is 0 Å². The highest BCUT2D eigenvalue weighted by Gasteiger charge is 2.32. The second-order valence-electron chi connectivity index (χ2n) is 7.73. The van der Waals surface area contributed by atoms with Crippen molar-refractivity contribution in [2.45, 2.75) is 50.1 Å². The molecule has 0 amide bonds. The first-order chi connectivity index (χ1) is 14.1. The number of unbranched alkanes of at least 4 members (excludes halogenated alkanes) is 1. The lowest BCUT2D eigenvalue weighted by Gasteiger charge is -2.38. The Labute approximate surface area is 176 Å². The molecule has 0 unspecified atom stereocenters. The van der Waals surface area contributed by atoms with E-state index in [0.717, 1.165) is 42.5 Å². The van der Waals surface area contributed by atoms with E-state index >= 15 is 0 Å². The quantitative estimate of drug-likeness (QED) is 0.516. The summed E-state index contributed by atoms with van der Waals surface area (Å²) in [5.41, 5.74) is 14.3. The van der Waals surface area contributed by atoms with Gasteiger partial charge in [-0.15, -0.1) is 3.89 Å². The molecule has 0 aliphatic carbocycles. The Bertz CT molecular complexity index is 1080. The molecule has 160 valence electrons. The lowest BCUT2D eigenvalue weighted by molar-refractivity contribution is 0.533. The average Bonchev–Trinajstić information content (AvgIpc) is 2.64. The number of aliphatic imine (C=N–C) groups is 2. The van der Waals surface area contributed by atoms with Crippen molar-refractivity contribution >= 4 is 27.8 Å². The number of hydrogen-bond acceptors (Lipinski definition) is 7. The molecular formula is C21H26FN5O2S. The Kier molecular flexibility index (Phi) is 6.12. The van der Waals surface area contributed by atoms with Gasteiger partial charge in [-0.3, -0.25) is 4.90 Å². The number of nitrogens with zero attached hydrogens (tertiary/aromatic N) is 3. The third kappa shape index (κ3) is 5.15. The molecule has 0 spiro atoms. The highest BCUT2D eigenvalue weighted by Crippen LogP contribution is 2.28. The van der Waals surface area contributed by atoms with E-state index < -0.39 is 15.9 Å². The number of halogens is 1. The summed E-state index contributed by atoms with van der Waals surface area (Å²) in [7, 11) is -4.65. The number of aryl methyl sites for hydroxylation is 2. The molecule has 7 nitrogen and oxygen atoms in total. The Morgan fingerprint density at radius 1 is 1.00 bits per heavy atom. The van der Waals surface area contributed by atoms with Crippen molar-refractivity contribution in [3.63, 3.8) is 0 Å². The molecule has 3 rings (SSSR count). The van der Waals surface area contributed by atoms with Gasteiger partial charge in [0.2, 0.25) is 11.9 Å². The van der Waals surface area contributed by atoms with E-state index in [9.17, 15) is 12.3 Å². The molecule has 0 bridgehead atoms. The van der Waals surface area contributed by atoms with Crippen molar-refractivity contribution in [3.8, 4) is 0 Å². The molecule has 2 aromatic carbocycles. The van der Waals surface area contributed by atoms with Gasteiger partial charge in [0, 0.05) is 5.69 Å². The van der Waals surface area contributed by atoms with Gasteiger partial charge in [0.15, 0.2) is 0 Å². The van der Waals surface area contributed by atoms with Crippen LogP contribution in [0.15, 0.2) is 63.4 Å². The Balaban J connectivity index is 1.59. The first-order valence-electron chi connectivity index (χ1n) is 9.68. The number of guanidine groups is 2. The molecule has 0 saturated carbocycles. The predicted molar refractivity (Wildman–Crippen MR) is 118 cm³/mol. The molecule has 0 fully saturated rings. The summed E-state index contributed by atoms with van der Waals surface area (Å²) >= 11 is 0. The molecular weight excluding hydrogens is 405 g/mol. The Morgan fingerprint density at radius 2 is 1.63 bits per heavy atom. The zero-order chi connectivity index (χ0) is 21.9. The van der Waals surface area contributed by atoms with E-state index in [2.05, 4.69) is 22.1 Å². The Morgan fingerprint density at radius 3 is 2.23 bits per heavy atom. The van der Waals surface area contributed by atoms with Gasteiger partial charge in [-0.2, -0.15) is 13.4 Å². The van der Waals surface area contributed by atoms with E-state index in [1.807, 2.05) is 30.9 Å². The maximum absolute atomic E-state index is 12.9. The molecule has 0 atom stereocenters. The summed E-state index contributed by atoms with van der Waals surface area (Å²) in [6.07, 6.45) is 3.54. The van der Waals surface area contributed by atoms with Crippen molar-refractivity contribution in [1.29, 1.82) is 0 Å². The molecule has 9 heteroatoms. The third-order valence-electron chi connectivity index (χ3n) is 4.95. The van der Waals surface area contributed by atoms with Crippen molar-refractivity contribution in [3.05, 3.63) is 59.7 Å². The maximum Gasteiger partial charge on any atom is 0.332 e. The summed E-state index contributed by atoms with van der Waals surface area (Å²) in [6, 6.07) is 14.0. The predicted octanol–water partition coefficient (Wildman–Crippen LogP) is 3.10. The Hall–Kier alpha value is -2.94. The van der Waals surface area contributed by atoms with Crippen LogP contribution in [0.2, 0.25) is 0 Å². The lowest BCUT2D eigenvalue weighted by Crippen LogP contribution is -2.54. The van der Waals surface area contributed by atoms with Gasteiger partial charge >= 0.3 is 10.2 Å². The van der Waals surface area contributed by atoms with Crippen LogP contribution in [0, 0.1) is 0 Å². The SMILES string of the molecule is CC1(C)N=C(N)N=C(N)N1c1cccc(CCCCc2ccc(S(=O)(=O)F)cc2)c1. The largest absolute Gasteiger partial charge is 0.369 e. The average molecular weight is 432 g/mol. The van der Waals surface area contributed by atoms with Gasteiger partial charge in [0.05, 0.1) is 4.90 Å². The zero-order valence-corrected chi connectivity index (χ0v) is 17.9. The molecule has 0 aromatic heterocycles. The van der Waals surface area contributed by atoms with E-state index in [1.54, 1.807) is 12.1 Å². The van der Waals surface area contributed by atoms with Crippen molar-refractivity contribution in [2.24, 2.45) is 21.5 Å². The van der Waals surface area contributed by atoms with Gasteiger partial charge in [0.25, 0.3) is 0 Å². The number of benzene rings is 2. The van der Waals surface area contributed by atoms with Crippen LogP contribution in [0.1, 0.15) is 37.8 Å². The summed E-state index contributed by atoms with van der Waals surface area (Å²) in [4.78, 5) is 10.0. The second kappa shape index (κ2) is 8.43. The zero-order valence-electron chi connectivity index (χ0n) is 17.0. The first-order valence-corrected chi connectivity index (χ1v) is 11.1. The topological polar surface area (TPSA) is 114 Å². The summed E-state index contributed by atoms with van der Waals surface area (Å²) < 4.78 is 34.7. The van der Waals surface area contributed by atoms with Crippen LogP contribution in [-0.2, 0) is 23.1 Å². The van der Waals surface area contributed by atoms with Crippen LogP contribution >= 0.6 is 0 Å². The van der Waals surface area contributed by atoms with Crippen LogP contribution in [0.25, 0.3) is 0 Å². The van der Waals surface area contributed by atoms with Crippen LogP contribution in [0.4, 0.5) is 9.57 Å². The fourth-order valence-electron chi connectivity index (χ4n) is 3.58. The van der Waals surface area contributed by atoms with E-state index in [1.165, 1.54) is 12.1 Å². The minimum absolute atomic E-state index is 0.169. The molecule has 4 N–H and O–H groups in total. The number of rotatable bonds is 7. The van der Waals surface area contributed by atoms with Crippen LogP contribution < -0.4 is 16.4 Å². The fraction of sp³-hybridized carbons (Fsp3) is 0.333. The minimum Gasteiger partial charge on any atom is -0.369 e. The van der Waals surface area contributed by atoms with Crippen molar-refractivity contribution in [2.75, 3.05) is 4.90 Å². The minimum atomic E-state index is -4.65. The molecule has 1 aliphatic rings. The molecule has 2 aromatic rings. The van der Waals surface area contributed by atoms with Crippen molar-refractivity contribution < 1.29 is 12.3 Å².